The fourth-order valence-electron chi connectivity index (χ4n) is 3.07. The molecule has 0 saturated heterocycles. The highest BCUT2D eigenvalue weighted by Crippen LogP contribution is 2.37. The average Bonchev–Trinajstić information content (AvgIpc) is 3.10. The smallest absolute Gasteiger partial charge is 0.120 e. The zero-order valence-electron chi connectivity index (χ0n) is 16.3. The lowest BCUT2D eigenvalue weighted by atomic mass is 9.75. The molecule has 0 radical (unpaired) electrons. The quantitative estimate of drug-likeness (QED) is 0.621. The predicted octanol–water partition coefficient (Wildman–Crippen LogP) is 6.00. The molecule has 0 saturated carbocycles. The van der Waals surface area contributed by atoms with Crippen molar-refractivity contribution < 1.29 is 0 Å². The van der Waals surface area contributed by atoms with Crippen LogP contribution in [0, 0.1) is 0 Å². The Morgan fingerprint density at radius 2 is 1.44 bits per heavy atom. The third-order valence-corrected chi connectivity index (χ3v) is 5.92. The van der Waals surface area contributed by atoms with Crippen LogP contribution in [0.3, 0.4) is 0 Å². The van der Waals surface area contributed by atoms with E-state index >= 15 is 0 Å². The average molecular weight is 335 g/mol. The molecule has 3 aromatic rings. The summed E-state index contributed by atoms with van der Waals surface area (Å²) in [7, 11) is 0. The monoisotopic (exact) mass is 335 g/mol. The van der Waals surface area contributed by atoms with Crippen molar-refractivity contribution in [3.8, 4) is 11.1 Å². The SMILES string of the molecule is CCC(C)(C)c1cc(-c2cccc3n[nH]nc23)cc(C(C)(C)CC)c1. The molecule has 132 valence electrons. The highest BCUT2D eigenvalue weighted by Gasteiger charge is 2.25. The minimum Gasteiger partial charge on any atom is -0.197 e. The third kappa shape index (κ3) is 3.20. The van der Waals surface area contributed by atoms with E-state index in [0.29, 0.717) is 0 Å². The number of nitrogens with zero attached hydrogens (tertiary/aromatic N) is 2. The van der Waals surface area contributed by atoms with Gasteiger partial charge in [-0.3, -0.25) is 0 Å². The minimum atomic E-state index is 0.145. The first-order valence-electron chi connectivity index (χ1n) is 9.24. The third-order valence-electron chi connectivity index (χ3n) is 5.92. The van der Waals surface area contributed by atoms with Crippen molar-refractivity contribution in [3.63, 3.8) is 0 Å². The lowest BCUT2D eigenvalue weighted by molar-refractivity contribution is 0.489. The van der Waals surface area contributed by atoms with Crippen LogP contribution in [0.1, 0.15) is 65.5 Å². The molecular weight excluding hydrogens is 306 g/mol. The fraction of sp³-hybridized carbons (Fsp3) is 0.455. The van der Waals surface area contributed by atoms with Gasteiger partial charge >= 0.3 is 0 Å². The maximum atomic E-state index is 4.38. The number of rotatable bonds is 5. The van der Waals surface area contributed by atoms with Gasteiger partial charge in [0.25, 0.3) is 0 Å². The van der Waals surface area contributed by atoms with Crippen LogP contribution in [0.15, 0.2) is 36.4 Å². The highest BCUT2D eigenvalue weighted by atomic mass is 15.3. The van der Waals surface area contributed by atoms with Crippen molar-refractivity contribution in [2.24, 2.45) is 0 Å². The molecule has 25 heavy (non-hydrogen) atoms. The van der Waals surface area contributed by atoms with E-state index in [9.17, 15) is 0 Å². The summed E-state index contributed by atoms with van der Waals surface area (Å²) < 4.78 is 0. The summed E-state index contributed by atoms with van der Waals surface area (Å²) >= 11 is 0. The Hall–Kier alpha value is -2.16. The van der Waals surface area contributed by atoms with E-state index in [1.54, 1.807) is 0 Å². The molecule has 0 aliphatic rings. The first kappa shape index (κ1) is 17.7. The van der Waals surface area contributed by atoms with Crippen molar-refractivity contribution in [1.29, 1.82) is 0 Å². The van der Waals surface area contributed by atoms with Crippen LogP contribution in [-0.2, 0) is 10.8 Å². The molecule has 0 fully saturated rings. The van der Waals surface area contributed by atoms with Gasteiger partial charge in [-0.2, -0.15) is 15.4 Å². The van der Waals surface area contributed by atoms with E-state index < -0.39 is 0 Å². The zero-order chi connectivity index (χ0) is 18.2. The van der Waals surface area contributed by atoms with Crippen LogP contribution in [0.4, 0.5) is 0 Å². The standard InChI is InChI=1S/C22H29N3/c1-7-21(3,4)16-12-15(13-17(14-16)22(5,6)8-2)18-10-9-11-19-20(18)24-25-23-19/h9-14H,7-8H2,1-6H3,(H,23,24,25). The second-order valence-corrected chi connectivity index (χ2v) is 8.27. The second kappa shape index (κ2) is 6.29. The van der Waals surface area contributed by atoms with Crippen LogP contribution in [-0.4, -0.2) is 15.4 Å². The number of nitrogens with one attached hydrogen (secondary N) is 1. The van der Waals surface area contributed by atoms with Gasteiger partial charge in [-0.15, -0.1) is 0 Å². The second-order valence-electron chi connectivity index (χ2n) is 8.27. The molecule has 0 aliphatic carbocycles. The minimum absolute atomic E-state index is 0.145. The number of hydrogen-bond acceptors (Lipinski definition) is 2. The summed E-state index contributed by atoms with van der Waals surface area (Å²) in [6, 6.07) is 13.3. The first-order chi connectivity index (χ1) is 11.8. The van der Waals surface area contributed by atoms with E-state index in [1.807, 2.05) is 6.07 Å². The Bertz CT molecular complexity index is 853. The number of benzene rings is 2. The van der Waals surface area contributed by atoms with Crippen LogP contribution in [0.2, 0.25) is 0 Å². The molecule has 1 aromatic heterocycles. The Morgan fingerprint density at radius 3 is 2.00 bits per heavy atom. The van der Waals surface area contributed by atoms with Crippen molar-refractivity contribution in [2.75, 3.05) is 0 Å². The van der Waals surface area contributed by atoms with Crippen molar-refractivity contribution in [3.05, 3.63) is 47.5 Å². The predicted molar refractivity (Wildman–Crippen MR) is 106 cm³/mol. The highest BCUT2D eigenvalue weighted by molar-refractivity contribution is 5.91. The molecule has 0 spiro atoms. The number of H-pyrrole nitrogens is 1. The van der Waals surface area contributed by atoms with Crippen LogP contribution in [0.25, 0.3) is 22.2 Å². The number of para-hydroxylation sites is 1. The molecule has 0 unspecified atom stereocenters. The molecule has 3 rings (SSSR count). The summed E-state index contributed by atoms with van der Waals surface area (Å²) in [5.41, 5.74) is 7.30. The number of aromatic nitrogens is 3. The molecule has 0 aliphatic heterocycles. The van der Waals surface area contributed by atoms with Crippen molar-refractivity contribution >= 4 is 11.0 Å². The Kier molecular flexibility index (Phi) is 4.44. The normalized spacial score (nSPS) is 12.7. The van der Waals surface area contributed by atoms with Gasteiger partial charge in [0.15, 0.2) is 0 Å². The molecule has 0 amide bonds. The molecule has 2 aromatic carbocycles. The Morgan fingerprint density at radius 1 is 0.840 bits per heavy atom. The molecule has 0 atom stereocenters. The summed E-state index contributed by atoms with van der Waals surface area (Å²) in [6.07, 6.45) is 2.22. The van der Waals surface area contributed by atoms with E-state index in [4.69, 9.17) is 0 Å². The summed E-state index contributed by atoms with van der Waals surface area (Å²) in [5.74, 6) is 0. The lowest BCUT2D eigenvalue weighted by Crippen LogP contribution is -2.20. The lowest BCUT2D eigenvalue weighted by Gasteiger charge is -2.29. The number of hydrogen-bond donors (Lipinski definition) is 1. The van der Waals surface area contributed by atoms with Crippen molar-refractivity contribution in [1.82, 2.24) is 15.4 Å². The van der Waals surface area contributed by atoms with Gasteiger partial charge in [-0.25, -0.2) is 0 Å². The summed E-state index contributed by atoms with van der Waals surface area (Å²) in [4.78, 5) is 0. The molecule has 1 N–H and O–H groups in total. The number of fused-ring (bicyclic) bond motifs is 1. The molecule has 3 heteroatoms. The molecule has 3 nitrogen and oxygen atoms in total. The van der Waals surface area contributed by atoms with E-state index in [0.717, 1.165) is 29.4 Å². The largest absolute Gasteiger partial charge is 0.197 e. The first-order valence-corrected chi connectivity index (χ1v) is 9.24. The van der Waals surface area contributed by atoms with E-state index in [2.05, 4.69) is 87.3 Å². The summed E-state index contributed by atoms with van der Waals surface area (Å²) in [5, 5.41) is 11.4. The van der Waals surface area contributed by atoms with Crippen LogP contribution >= 0.6 is 0 Å². The van der Waals surface area contributed by atoms with Crippen molar-refractivity contribution in [2.45, 2.75) is 65.2 Å². The van der Waals surface area contributed by atoms with Gasteiger partial charge in [0.05, 0.1) is 0 Å². The molecular formula is C22H29N3. The molecule has 1 heterocycles. The van der Waals surface area contributed by atoms with Crippen LogP contribution < -0.4 is 0 Å². The Labute approximate surface area is 150 Å². The van der Waals surface area contributed by atoms with Crippen LogP contribution in [0.5, 0.6) is 0 Å². The van der Waals surface area contributed by atoms with Gasteiger partial charge in [0.2, 0.25) is 0 Å². The fourth-order valence-corrected chi connectivity index (χ4v) is 3.07. The van der Waals surface area contributed by atoms with E-state index in [-0.39, 0.29) is 10.8 Å². The maximum absolute atomic E-state index is 4.38. The zero-order valence-corrected chi connectivity index (χ0v) is 16.3. The van der Waals surface area contributed by atoms with Gasteiger partial charge in [0, 0.05) is 5.56 Å². The maximum Gasteiger partial charge on any atom is 0.120 e. The van der Waals surface area contributed by atoms with Gasteiger partial charge < -0.3 is 0 Å². The van der Waals surface area contributed by atoms with Gasteiger partial charge in [0.1, 0.15) is 11.0 Å². The summed E-state index contributed by atoms with van der Waals surface area (Å²) in [6.45, 7) is 13.8. The Balaban J connectivity index is 2.27. The topological polar surface area (TPSA) is 41.6 Å². The van der Waals surface area contributed by atoms with E-state index in [1.165, 1.54) is 16.7 Å². The van der Waals surface area contributed by atoms with Gasteiger partial charge in [-0.1, -0.05) is 71.9 Å². The molecule has 0 bridgehead atoms. The van der Waals surface area contributed by atoms with Gasteiger partial charge in [-0.05, 0) is 46.4 Å². The number of aromatic amines is 1.